The van der Waals surface area contributed by atoms with Crippen LogP contribution in [0.25, 0.3) is 0 Å². The van der Waals surface area contributed by atoms with Crippen LogP contribution in [0.2, 0.25) is 0 Å². The van der Waals surface area contributed by atoms with Crippen molar-refractivity contribution < 1.29 is 8.42 Å². The summed E-state index contributed by atoms with van der Waals surface area (Å²) in [5.41, 5.74) is 7.57. The summed E-state index contributed by atoms with van der Waals surface area (Å²) in [6, 6.07) is 2.12. The second-order valence-corrected chi connectivity index (χ2v) is 8.86. The smallest absolute Gasteiger partial charge is 0.245 e. The maximum Gasteiger partial charge on any atom is 0.245 e. The van der Waals surface area contributed by atoms with Gasteiger partial charge in [-0.2, -0.15) is 15.6 Å². The Balaban J connectivity index is 1.99. The van der Waals surface area contributed by atoms with Gasteiger partial charge in [-0.25, -0.2) is 8.42 Å². The number of sulfonamides is 1. The van der Waals surface area contributed by atoms with Crippen molar-refractivity contribution in [1.29, 1.82) is 0 Å². The Labute approximate surface area is 133 Å². The number of hydrogen-bond acceptors (Lipinski definition) is 5. The highest BCUT2D eigenvalue weighted by molar-refractivity contribution is 7.89. The lowest BCUT2D eigenvalue weighted by Crippen LogP contribution is -2.33. The Morgan fingerprint density at radius 2 is 2.14 bits per heavy atom. The van der Waals surface area contributed by atoms with Crippen LogP contribution >= 0.6 is 22.7 Å². The minimum Gasteiger partial charge on any atom is -0.326 e. The van der Waals surface area contributed by atoms with Crippen molar-refractivity contribution in [2.24, 2.45) is 5.73 Å². The van der Waals surface area contributed by atoms with Gasteiger partial charge in [-0.15, -0.1) is 11.3 Å². The number of nitrogens with zero attached hydrogens (tertiary/aromatic N) is 1. The molecule has 0 amide bonds. The van der Waals surface area contributed by atoms with E-state index in [0.29, 0.717) is 11.4 Å². The van der Waals surface area contributed by atoms with E-state index in [1.165, 1.54) is 11.3 Å². The quantitative estimate of drug-likeness (QED) is 0.878. The molecule has 0 aliphatic heterocycles. The molecule has 0 atom stereocenters. The average molecular weight is 343 g/mol. The van der Waals surface area contributed by atoms with Crippen molar-refractivity contribution in [3.63, 3.8) is 0 Å². The van der Waals surface area contributed by atoms with Crippen LogP contribution in [0, 0.1) is 6.92 Å². The number of rotatable bonds is 6. The molecule has 2 N–H and O–H groups in total. The minimum atomic E-state index is -3.48. The van der Waals surface area contributed by atoms with Crippen molar-refractivity contribution in [3.8, 4) is 0 Å². The molecule has 21 heavy (non-hydrogen) atoms. The highest BCUT2D eigenvalue weighted by Gasteiger charge is 2.39. The molecule has 1 aliphatic rings. The van der Waals surface area contributed by atoms with E-state index in [9.17, 15) is 8.42 Å². The third-order valence-electron chi connectivity index (χ3n) is 3.61. The minimum absolute atomic E-state index is 0.139. The number of aryl methyl sites for hydroxylation is 1. The maximum atomic E-state index is 13.1. The van der Waals surface area contributed by atoms with Gasteiger partial charge in [0.15, 0.2) is 0 Å². The molecule has 0 saturated heterocycles. The van der Waals surface area contributed by atoms with Gasteiger partial charge < -0.3 is 5.73 Å². The summed E-state index contributed by atoms with van der Waals surface area (Å²) in [7, 11) is -3.48. The molecule has 1 saturated carbocycles. The van der Waals surface area contributed by atoms with Crippen LogP contribution in [0.15, 0.2) is 27.1 Å². The van der Waals surface area contributed by atoms with E-state index < -0.39 is 10.0 Å². The average Bonchev–Trinajstić information content (AvgIpc) is 3.00. The first-order valence-electron chi connectivity index (χ1n) is 6.84. The lowest BCUT2D eigenvalue weighted by Gasteiger charge is -2.22. The summed E-state index contributed by atoms with van der Waals surface area (Å²) >= 11 is 3.02. The van der Waals surface area contributed by atoms with E-state index in [1.807, 2.05) is 29.1 Å². The van der Waals surface area contributed by atoms with Gasteiger partial charge in [0.1, 0.15) is 4.90 Å². The van der Waals surface area contributed by atoms with E-state index in [4.69, 9.17) is 5.73 Å². The van der Waals surface area contributed by atoms with E-state index in [2.05, 4.69) is 0 Å². The highest BCUT2D eigenvalue weighted by Crippen LogP contribution is 2.37. The van der Waals surface area contributed by atoms with E-state index in [-0.39, 0.29) is 12.6 Å². The van der Waals surface area contributed by atoms with Crippen LogP contribution < -0.4 is 5.73 Å². The Bertz CT molecular complexity index is 715. The zero-order valence-corrected chi connectivity index (χ0v) is 14.2. The van der Waals surface area contributed by atoms with Crippen LogP contribution in [0.3, 0.4) is 0 Å². The number of nitrogens with two attached hydrogens (primary N) is 1. The summed E-state index contributed by atoms with van der Waals surface area (Å²) < 4.78 is 27.8. The second-order valence-electron chi connectivity index (χ2n) is 5.29. The van der Waals surface area contributed by atoms with Gasteiger partial charge in [0, 0.05) is 24.0 Å². The molecule has 1 fully saturated rings. The van der Waals surface area contributed by atoms with Gasteiger partial charge in [-0.1, -0.05) is 0 Å². The molecule has 7 heteroatoms. The van der Waals surface area contributed by atoms with Gasteiger partial charge in [0.25, 0.3) is 0 Å². The Hall–Kier alpha value is -0.730. The third-order valence-corrected chi connectivity index (χ3v) is 7.73. The molecule has 0 radical (unpaired) electrons. The van der Waals surface area contributed by atoms with Crippen molar-refractivity contribution in [2.45, 2.75) is 43.8 Å². The molecular formula is C14H18N2O2S3. The standard InChI is InChI=1S/C14H18N2O2S3/c1-10-8-20-13(6-15)14(10)21(17,18)16(12-2-3-12)7-11-4-5-19-9-11/h4-5,8-9,12H,2-3,6-7,15H2,1H3. The molecule has 0 bridgehead atoms. The zero-order chi connectivity index (χ0) is 15.0. The van der Waals surface area contributed by atoms with E-state index in [0.717, 1.165) is 28.8 Å². The third kappa shape index (κ3) is 2.93. The van der Waals surface area contributed by atoms with Crippen LogP contribution in [-0.2, 0) is 23.1 Å². The SMILES string of the molecule is Cc1csc(CN)c1S(=O)(=O)N(Cc1ccsc1)C1CC1. The second kappa shape index (κ2) is 5.81. The molecule has 3 rings (SSSR count). The largest absolute Gasteiger partial charge is 0.326 e. The van der Waals surface area contributed by atoms with Crippen LogP contribution in [0.4, 0.5) is 0 Å². The van der Waals surface area contributed by atoms with Gasteiger partial charge in [0.2, 0.25) is 10.0 Å². The molecule has 4 nitrogen and oxygen atoms in total. The predicted molar refractivity (Wildman–Crippen MR) is 87.0 cm³/mol. The van der Waals surface area contributed by atoms with Crippen molar-refractivity contribution in [1.82, 2.24) is 4.31 Å². The molecule has 114 valence electrons. The highest BCUT2D eigenvalue weighted by atomic mass is 32.2. The topological polar surface area (TPSA) is 63.4 Å². The summed E-state index contributed by atoms with van der Waals surface area (Å²) in [6.07, 6.45) is 1.90. The number of thiophene rings is 2. The van der Waals surface area contributed by atoms with Crippen molar-refractivity contribution in [3.05, 3.63) is 38.2 Å². The Kier molecular flexibility index (Phi) is 4.20. The normalized spacial score (nSPS) is 15.8. The Morgan fingerprint density at radius 1 is 1.38 bits per heavy atom. The van der Waals surface area contributed by atoms with Crippen molar-refractivity contribution >= 4 is 32.7 Å². The molecule has 2 aromatic heterocycles. The lowest BCUT2D eigenvalue weighted by atomic mass is 10.3. The predicted octanol–water partition coefficient (Wildman–Crippen LogP) is 2.93. The first kappa shape index (κ1) is 15.2. The Morgan fingerprint density at radius 3 is 2.71 bits per heavy atom. The summed E-state index contributed by atoms with van der Waals surface area (Å²) in [5, 5.41) is 5.87. The monoisotopic (exact) mass is 342 g/mol. The maximum absolute atomic E-state index is 13.1. The fourth-order valence-electron chi connectivity index (χ4n) is 2.43. The van der Waals surface area contributed by atoms with E-state index in [1.54, 1.807) is 15.6 Å². The molecular weight excluding hydrogens is 324 g/mol. The first-order valence-corrected chi connectivity index (χ1v) is 10.1. The molecule has 2 aromatic rings. The van der Waals surface area contributed by atoms with Gasteiger partial charge in [-0.3, -0.25) is 0 Å². The molecule has 0 unspecified atom stereocenters. The van der Waals surface area contributed by atoms with Gasteiger partial charge >= 0.3 is 0 Å². The number of hydrogen-bond donors (Lipinski definition) is 1. The van der Waals surface area contributed by atoms with Crippen LogP contribution in [0.1, 0.15) is 28.8 Å². The molecule has 2 heterocycles. The summed E-state index contributed by atoms with van der Waals surface area (Å²) in [6.45, 7) is 2.57. The molecule has 0 spiro atoms. The van der Waals surface area contributed by atoms with E-state index >= 15 is 0 Å². The summed E-state index contributed by atoms with van der Waals surface area (Å²) in [5.74, 6) is 0. The van der Waals surface area contributed by atoms with Crippen molar-refractivity contribution in [2.75, 3.05) is 0 Å². The molecule has 1 aliphatic carbocycles. The fraction of sp³-hybridized carbons (Fsp3) is 0.429. The van der Waals surface area contributed by atoms with Crippen LogP contribution in [-0.4, -0.2) is 18.8 Å². The van der Waals surface area contributed by atoms with Gasteiger partial charge in [-0.05, 0) is 53.1 Å². The summed E-state index contributed by atoms with van der Waals surface area (Å²) in [4.78, 5) is 1.18. The lowest BCUT2D eigenvalue weighted by molar-refractivity contribution is 0.398. The van der Waals surface area contributed by atoms with Gasteiger partial charge in [0.05, 0.1) is 0 Å². The molecule has 0 aromatic carbocycles. The van der Waals surface area contributed by atoms with Crippen LogP contribution in [0.5, 0.6) is 0 Å². The fourth-order valence-corrected chi connectivity index (χ4v) is 6.42. The first-order chi connectivity index (χ1) is 10.0. The zero-order valence-electron chi connectivity index (χ0n) is 11.8.